The fourth-order valence-corrected chi connectivity index (χ4v) is 2.99. The molecule has 1 aliphatic heterocycles. The zero-order valence-corrected chi connectivity index (χ0v) is 13.1. The normalized spacial score (nSPS) is 17.9. The molecule has 8 nitrogen and oxygen atoms in total. The van der Waals surface area contributed by atoms with E-state index in [1.807, 2.05) is 13.0 Å². The van der Waals surface area contributed by atoms with E-state index in [0.29, 0.717) is 23.6 Å². The first-order valence-electron chi connectivity index (χ1n) is 7.44. The van der Waals surface area contributed by atoms with Gasteiger partial charge in [0.2, 0.25) is 0 Å². The third-order valence-electron chi connectivity index (χ3n) is 4.18. The highest BCUT2D eigenvalue weighted by molar-refractivity contribution is 5.76. The molecule has 0 amide bonds. The maximum absolute atomic E-state index is 12.5. The first-order chi connectivity index (χ1) is 11.1. The zero-order chi connectivity index (χ0) is 16.6. The molecule has 3 rings (SSSR count). The van der Waals surface area contributed by atoms with Crippen molar-refractivity contribution in [3.63, 3.8) is 0 Å². The minimum Gasteiger partial charge on any atom is -0.362 e. The van der Waals surface area contributed by atoms with Crippen LogP contribution >= 0.6 is 0 Å². The Kier molecular flexibility index (Phi) is 3.77. The fraction of sp³-hybridized carbons (Fsp3) is 0.467. The average molecular weight is 311 g/mol. The summed E-state index contributed by atoms with van der Waals surface area (Å²) in [6.45, 7) is 4.29. The number of rotatable bonds is 2. The molecule has 0 radical (unpaired) electrons. The highest BCUT2D eigenvalue weighted by Crippen LogP contribution is 2.26. The van der Waals surface area contributed by atoms with Crippen molar-refractivity contribution in [3.8, 4) is 12.1 Å². The summed E-state index contributed by atoms with van der Waals surface area (Å²) < 4.78 is 2.98. The van der Waals surface area contributed by atoms with Crippen molar-refractivity contribution in [3.05, 3.63) is 27.8 Å². The van der Waals surface area contributed by atoms with Crippen molar-refractivity contribution in [1.82, 2.24) is 19.5 Å². The van der Waals surface area contributed by atoms with Crippen LogP contribution in [-0.4, -0.2) is 39.9 Å². The number of piperazine rings is 1. The minimum atomic E-state index is -0.360. The summed E-state index contributed by atoms with van der Waals surface area (Å²) in [7, 11) is 1.60. The monoisotopic (exact) mass is 311 g/mol. The molecule has 2 aromatic heterocycles. The standard InChI is InChI=1S/C15H17N7O/c1-10-8-18-5-6-21(10)13-12(7-17)15(23)20(2)22-9-11(3-4-16)19-14(13)22/h9-10,18H,3,5-6,8H2,1-2H3. The molecule has 1 atom stereocenters. The van der Waals surface area contributed by atoms with Gasteiger partial charge in [0.25, 0.3) is 5.56 Å². The van der Waals surface area contributed by atoms with Crippen LogP contribution in [0.5, 0.6) is 0 Å². The second kappa shape index (κ2) is 5.75. The quantitative estimate of drug-likeness (QED) is 0.822. The minimum absolute atomic E-state index is 0.0999. The van der Waals surface area contributed by atoms with Crippen LogP contribution in [0.4, 0.5) is 5.69 Å². The molecule has 118 valence electrons. The lowest BCUT2D eigenvalue weighted by Crippen LogP contribution is -2.51. The number of nitrogens with one attached hydrogen (secondary N) is 1. The van der Waals surface area contributed by atoms with E-state index in [-0.39, 0.29) is 23.6 Å². The van der Waals surface area contributed by atoms with Gasteiger partial charge in [-0.3, -0.25) is 4.79 Å². The Balaban J connectivity index is 2.33. The first-order valence-corrected chi connectivity index (χ1v) is 7.44. The molecule has 0 aliphatic carbocycles. The summed E-state index contributed by atoms with van der Waals surface area (Å²) in [4.78, 5) is 19.1. The van der Waals surface area contributed by atoms with Crippen LogP contribution < -0.4 is 15.8 Å². The van der Waals surface area contributed by atoms with E-state index in [1.54, 1.807) is 17.8 Å². The van der Waals surface area contributed by atoms with Gasteiger partial charge in [-0.15, -0.1) is 0 Å². The van der Waals surface area contributed by atoms with Gasteiger partial charge in [-0.05, 0) is 6.92 Å². The van der Waals surface area contributed by atoms with E-state index in [9.17, 15) is 10.1 Å². The lowest BCUT2D eigenvalue weighted by molar-refractivity contribution is 0.499. The molecular weight excluding hydrogens is 294 g/mol. The van der Waals surface area contributed by atoms with E-state index in [2.05, 4.69) is 21.3 Å². The summed E-state index contributed by atoms with van der Waals surface area (Å²) in [6.07, 6.45) is 1.84. The van der Waals surface area contributed by atoms with Crippen molar-refractivity contribution in [1.29, 1.82) is 10.5 Å². The Labute approximate surface area is 133 Å². The summed E-state index contributed by atoms with van der Waals surface area (Å²) >= 11 is 0. The van der Waals surface area contributed by atoms with Crippen LogP contribution in [0.2, 0.25) is 0 Å². The van der Waals surface area contributed by atoms with Gasteiger partial charge in [0, 0.05) is 32.7 Å². The Morgan fingerprint density at radius 2 is 2.26 bits per heavy atom. The number of nitriles is 2. The maximum Gasteiger partial charge on any atom is 0.285 e. The molecule has 1 saturated heterocycles. The van der Waals surface area contributed by atoms with Crippen LogP contribution in [0.15, 0.2) is 11.0 Å². The fourth-order valence-electron chi connectivity index (χ4n) is 2.99. The van der Waals surface area contributed by atoms with E-state index >= 15 is 0 Å². The molecule has 2 aromatic rings. The zero-order valence-electron chi connectivity index (χ0n) is 13.1. The summed E-state index contributed by atoms with van der Waals surface area (Å²) in [5, 5.41) is 21.7. The summed E-state index contributed by atoms with van der Waals surface area (Å²) in [6, 6.07) is 4.25. The molecule has 1 N–H and O–H groups in total. The van der Waals surface area contributed by atoms with Crippen LogP contribution in [0.1, 0.15) is 18.2 Å². The largest absolute Gasteiger partial charge is 0.362 e. The van der Waals surface area contributed by atoms with Crippen molar-refractivity contribution in [2.24, 2.45) is 7.05 Å². The van der Waals surface area contributed by atoms with Crippen molar-refractivity contribution in [2.45, 2.75) is 19.4 Å². The van der Waals surface area contributed by atoms with E-state index in [1.165, 1.54) is 4.68 Å². The lowest BCUT2D eigenvalue weighted by Gasteiger charge is -2.36. The van der Waals surface area contributed by atoms with E-state index < -0.39 is 0 Å². The van der Waals surface area contributed by atoms with Crippen molar-refractivity contribution < 1.29 is 0 Å². The Morgan fingerprint density at radius 3 is 2.91 bits per heavy atom. The second-order valence-corrected chi connectivity index (χ2v) is 5.65. The Hall–Kier alpha value is -2.84. The molecular formula is C15H17N7O. The van der Waals surface area contributed by atoms with Crippen molar-refractivity contribution >= 4 is 11.3 Å². The Bertz CT molecular complexity index is 896. The number of hydrogen-bond acceptors (Lipinski definition) is 6. The SMILES string of the molecule is CC1CNCCN1c1c(C#N)c(=O)n(C)n2cc(CC#N)nc12. The van der Waals surface area contributed by atoms with Gasteiger partial charge in [0.05, 0.1) is 24.4 Å². The molecule has 1 fully saturated rings. The number of anilines is 1. The first kappa shape index (κ1) is 15.1. The van der Waals surface area contributed by atoms with Gasteiger partial charge in [-0.1, -0.05) is 0 Å². The topological polar surface area (TPSA) is 102 Å². The number of hydrogen-bond donors (Lipinski definition) is 1. The van der Waals surface area contributed by atoms with Gasteiger partial charge in [0.1, 0.15) is 17.3 Å². The smallest absolute Gasteiger partial charge is 0.285 e. The predicted molar refractivity (Wildman–Crippen MR) is 84.1 cm³/mol. The molecule has 23 heavy (non-hydrogen) atoms. The molecule has 0 bridgehead atoms. The highest BCUT2D eigenvalue weighted by atomic mass is 16.1. The van der Waals surface area contributed by atoms with Gasteiger partial charge in [-0.25, -0.2) is 14.2 Å². The molecule has 3 heterocycles. The van der Waals surface area contributed by atoms with Gasteiger partial charge >= 0.3 is 0 Å². The van der Waals surface area contributed by atoms with Gasteiger partial charge < -0.3 is 10.2 Å². The third-order valence-corrected chi connectivity index (χ3v) is 4.18. The average Bonchev–Trinajstić information content (AvgIpc) is 2.96. The molecule has 1 unspecified atom stereocenters. The molecule has 0 aromatic carbocycles. The van der Waals surface area contributed by atoms with Crippen molar-refractivity contribution in [2.75, 3.05) is 24.5 Å². The number of fused-ring (bicyclic) bond motifs is 1. The van der Waals surface area contributed by atoms with Crippen LogP contribution in [0.3, 0.4) is 0 Å². The summed E-state index contributed by atoms with van der Waals surface area (Å²) in [5.41, 5.74) is 1.43. The maximum atomic E-state index is 12.5. The second-order valence-electron chi connectivity index (χ2n) is 5.65. The predicted octanol–water partition coefficient (Wildman–Crippen LogP) is -0.231. The van der Waals surface area contributed by atoms with Crippen LogP contribution in [-0.2, 0) is 13.5 Å². The van der Waals surface area contributed by atoms with E-state index in [4.69, 9.17) is 5.26 Å². The van der Waals surface area contributed by atoms with Gasteiger partial charge in [0.15, 0.2) is 5.65 Å². The molecule has 8 heteroatoms. The molecule has 1 aliphatic rings. The van der Waals surface area contributed by atoms with Crippen LogP contribution in [0, 0.1) is 22.7 Å². The number of nitrogens with zero attached hydrogens (tertiary/aromatic N) is 6. The molecule has 0 saturated carbocycles. The molecule has 0 spiro atoms. The van der Waals surface area contributed by atoms with Gasteiger partial charge in [-0.2, -0.15) is 10.5 Å². The van der Waals surface area contributed by atoms with E-state index in [0.717, 1.165) is 13.1 Å². The Morgan fingerprint density at radius 1 is 1.48 bits per heavy atom. The third kappa shape index (κ3) is 2.33. The van der Waals surface area contributed by atoms with Crippen LogP contribution in [0.25, 0.3) is 5.65 Å². The number of aromatic nitrogens is 3. The number of imidazole rings is 1. The lowest BCUT2D eigenvalue weighted by atomic mass is 10.1. The summed E-state index contributed by atoms with van der Waals surface area (Å²) in [5.74, 6) is 0. The number of aryl methyl sites for hydroxylation is 1. The highest BCUT2D eigenvalue weighted by Gasteiger charge is 2.27.